The van der Waals surface area contributed by atoms with Gasteiger partial charge in [0, 0.05) is 6.42 Å². The SMILES string of the molecule is C/C=C1/C(=O)C[C@H]2[C@@H]3CC[C@H]4C[C@H](O)CC[C@]4(C)[C@H]3CC[C@]12C. The van der Waals surface area contributed by atoms with E-state index in [4.69, 9.17) is 0 Å². The normalized spacial score (nSPS) is 54.5. The lowest BCUT2D eigenvalue weighted by molar-refractivity contribution is -0.120. The van der Waals surface area contributed by atoms with Crippen LogP contribution >= 0.6 is 0 Å². The zero-order valence-corrected chi connectivity index (χ0v) is 15.0. The third kappa shape index (κ3) is 2.06. The topological polar surface area (TPSA) is 37.3 Å². The zero-order valence-electron chi connectivity index (χ0n) is 15.0. The van der Waals surface area contributed by atoms with E-state index in [0.717, 1.165) is 36.7 Å². The molecule has 2 heteroatoms. The van der Waals surface area contributed by atoms with Crippen LogP contribution in [0.4, 0.5) is 0 Å². The van der Waals surface area contributed by atoms with Crippen molar-refractivity contribution >= 4 is 5.78 Å². The molecule has 4 aliphatic rings. The van der Waals surface area contributed by atoms with Crippen LogP contribution in [-0.2, 0) is 4.79 Å². The summed E-state index contributed by atoms with van der Waals surface area (Å²) in [7, 11) is 0. The Morgan fingerprint density at radius 2 is 1.87 bits per heavy atom. The van der Waals surface area contributed by atoms with Crippen molar-refractivity contribution in [2.75, 3.05) is 0 Å². The first-order valence-electron chi connectivity index (χ1n) is 9.78. The third-order valence-corrected chi connectivity index (χ3v) is 8.64. The first kappa shape index (κ1) is 15.9. The van der Waals surface area contributed by atoms with E-state index < -0.39 is 0 Å². The fourth-order valence-electron chi connectivity index (χ4n) is 7.39. The van der Waals surface area contributed by atoms with Crippen LogP contribution in [0.15, 0.2) is 11.6 Å². The highest BCUT2D eigenvalue weighted by Gasteiger charge is 2.60. The molecule has 0 radical (unpaired) electrons. The van der Waals surface area contributed by atoms with Crippen LogP contribution < -0.4 is 0 Å². The Kier molecular flexibility index (Phi) is 3.58. The van der Waals surface area contributed by atoms with Gasteiger partial charge in [-0.15, -0.1) is 0 Å². The summed E-state index contributed by atoms with van der Waals surface area (Å²) in [6, 6.07) is 0. The van der Waals surface area contributed by atoms with Crippen molar-refractivity contribution in [2.24, 2.45) is 34.5 Å². The lowest BCUT2D eigenvalue weighted by atomic mass is 9.45. The largest absolute Gasteiger partial charge is 0.393 e. The van der Waals surface area contributed by atoms with E-state index in [-0.39, 0.29) is 11.5 Å². The summed E-state index contributed by atoms with van der Waals surface area (Å²) in [5.74, 6) is 3.20. The first-order chi connectivity index (χ1) is 10.9. The highest BCUT2D eigenvalue weighted by Crippen LogP contribution is 2.66. The number of aliphatic hydroxyl groups is 1. The highest BCUT2D eigenvalue weighted by atomic mass is 16.3. The number of aliphatic hydroxyl groups excluding tert-OH is 1. The molecule has 0 unspecified atom stereocenters. The fraction of sp³-hybridized carbons (Fsp3) is 0.857. The van der Waals surface area contributed by atoms with Crippen molar-refractivity contribution in [1.82, 2.24) is 0 Å². The molecular formula is C21H32O2. The molecule has 0 aromatic rings. The van der Waals surface area contributed by atoms with Crippen LogP contribution in [0.5, 0.6) is 0 Å². The summed E-state index contributed by atoms with van der Waals surface area (Å²) in [4.78, 5) is 12.6. The Bertz CT molecular complexity index is 550. The Balaban J connectivity index is 1.66. The summed E-state index contributed by atoms with van der Waals surface area (Å²) in [6.45, 7) is 6.93. The molecule has 0 bridgehead atoms. The molecule has 4 saturated carbocycles. The predicted molar refractivity (Wildman–Crippen MR) is 91.9 cm³/mol. The number of Topliss-reactive ketones (excluding diaryl/α,β-unsaturated/α-hetero) is 1. The van der Waals surface area contributed by atoms with E-state index in [1.165, 1.54) is 32.1 Å². The van der Waals surface area contributed by atoms with Crippen molar-refractivity contribution in [1.29, 1.82) is 0 Å². The minimum absolute atomic E-state index is 0.0684. The van der Waals surface area contributed by atoms with Gasteiger partial charge in [0.15, 0.2) is 5.78 Å². The monoisotopic (exact) mass is 316 g/mol. The molecule has 4 fully saturated rings. The van der Waals surface area contributed by atoms with Crippen molar-refractivity contribution in [2.45, 2.75) is 78.2 Å². The number of allylic oxidation sites excluding steroid dienone is 2. The second-order valence-corrected chi connectivity index (χ2v) is 9.37. The van der Waals surface area contributed by atoms with Gasteiger partial charge in [0.05, 0.1) is 6.10 Å². The molecule has 4 aliphatic carbocycles. The highest BCUT2D eigenvalue weighted by molar-refractivity contribution is 5.99. The maximum atomic E-state index is 12.6. The lowest BCUT2D eigenvalue weighted by Gasteiger charge is -2.60. The molecule has 1 N–H and O–H groups in total. The van der Waals surface area contributed by atoms with E-state index >= 15 is 0 Å². The van der Waals surface area contributed by atoms with Crippen molar-refractivity contribution in [3.8, 4) is 0 Å². The Morgan fingerprint density at radius 1 is 1.09 bits per heavy atom. The number of rotatable bonds is 0. The predicted octanol–water partition coefficient (Wildman–Crippen LogP) is 4.52. The summed E-state index contributed by atoms with van der Waals surface area (Å²) < 4.78 is 0. The smallest absolute Gasteiger partial charge is 0.159 e. The van der Waals surface area contributed by atoms with Gasteiger partial charge in [-0.2, -0.15) is 0 Å². The Labute approximate surface area is 140 Å². The average molecular weight is 316 g/mol. The molecule has 4 rings (SSSR count). The molecule has 0 aliphatic heterocycles. The molecular weight excluding hydrogens is 284 g/mol. The number of hydrogen-bond acceptors (Lipinski definition) is 2. The van der Waals surface area contributed by atoms with Gasteiger partial charge in [-0.05, 0) is 91.9 Å². The van der Waals surface area contributed by atoms with Gasteiger partial charge in [-0.3, -0.25) is 4.79 Å². The minimum atomic E-state index is -0.0684. The molecule has 23 heavy (non-hydrogen) atoms. The maximum Gasteiger partial charge on any atom is 0.159 e. The minimum Gasteiger partial charge on any atom is -0.393 e. The molecule has 0 spiro atoms. The first-order valence-corrected chi connectivity index (χ1v) is 9.78. The fourth-order valence-corrected chi connectivity index (χ4v) is 7.39. The molecule has 0 heterocycles. The van der Waals surface area contributed by atoms with Crippen LogP contribution in [0.3, 0.4) is 0 Å². The van der Waals surface area contributed by atoms with Crippen LogP contribution in [0, 0.1) is 34.5 Å². The Hall–Kier alpha value is -0.630. The van der Waals surface area contributed by atoms with E-state index in [2.05, 4.69) is 19.9 Å². The van der Waals surface area contributed by atoms with Gasteiger partial charge in [0.1, 0.15) is 0 Å². The molecule has 128 valence electrons. The number of ketones is 1. The lowest BCUT2D eigenvalue weighted by Crippen LogP contribution is -2.53. The van der Waals surface area contributed by atoms with Gasteiger partial charge < -0.3 is 5.11 Å². The summed E-state index contributed by atoms with van der Waals surface area (Å²) in [6.07, 6.45) is 11.0. The number of carbonyl (C=O) groups is 1. The third-order valence-electron chi connectivity index (χ3n) is 8.64. The second-order valence-electron chi connectivity index (χ2n) is 9.37. The number of carbonyl (C=O) groups excluding carboxylic acids is 1. The molecule has 2 nitrogen and oxygen atoms in total. The van der Waals surface area contributed by atoms with Gasteiger partial charge in [-0.25, -0.2) is 0 Å². The van der Waals surface area contributed by atoms with Gasteiger partial charge in [-0.1, -0.05) is 19.9 Å². The zero-order chi connectivity index (χ0) is 16.4. The van der Waals surface area contributed by atoms with Gasteiger partial charge in [0.25, 0.3) is 0 Å². The van der Waals surface area contributed by atoms with E-state index in [1.807, 2.05) is 6.92 Å². The van der Waals surface area contributed by atoms with Crippen molar-refractivity contribution in [3.63, 3.8) is 0 Å². The van der Waals surface area contributed by atoms with Crippen molar-refractivity contribution in [3.05, 3.63) is 11.6 Å². The summed E-state index contributed by atoms with van der Waals surface area (Å²) in [5.41, 5.74) is 1.68. The van der Waals surface area contributed by atoms with E-state index in [9.17, 15) is 9.90 Å². The molecule has 0 amide bonds. The molecule has 7 atom stereocenters. The molecule has 0 saturated heterocycles. The maximum absolute atomic E-state index is 12.6. The summed E-state index contributed by atoms with van der Waals surface area (Å²) in [5, 5.41) is 10.1. The Morgan fingerprint density at radius 3 is 2.61 bits per heavy atom. The van der Waals surface area contributed by atoms with Crippen LogP contribution in [0.1, 0.15) is 72.1 Å². The van der Waals surface area contributed by atoms with Crippen LogP contribution in [-0.4, -0.2) is 17.0 Å². The average Bonchev–Trinajstić information content (AvgIpc) is 2.77. The van der Waals surface area contributed by atoms with Gasteiger partial charge >= 0.3 is 0 Å². The van der Waals surface area contributed by atoms with Gasteiger partial charge in [0.2, 0.25) is 0 Å². The quantitative estimate of drug-likeness (QED) is 0.667. The summed E-state index contributed by atoms with van der Waals surface area (Å²) >= 11 is 0. The van der Waals surface area contributed by atoms with E-state index in [1.54, 1.807) is 0 Å². The number of fused-ring (bicyclic) bond motifs is 5. The van der Waals surface area contributed by atoms with Crippen LogP contribution in [0.25, 0.3) is 0 Å². The van der Waals surface area contributed by atoms with E-state index in [0.29, 0.717) is 23.0 Å². The second kappa shape index (κ2) is 5.18. The standard InChI is InChI=1S/C21H32O2/c1-4-16-19(23)12-18-15-6-5-13-11-14(22)7-9-20(13,2)17(15)8-10-21(16,18)3/h4,13-15,17-18,22H,5-12H2,1-3H3/b16-4-/t13-,14+,15+,17-,18-,20-,21+/m0/s1. The molecule has 0 aromatic carbocycles. The van der Waals surface area contributed by atoms with Crippen LogP contribution in [0.2, 0.25) is 0 Å². The van der Waals surface area contributed by atoms with Crippen molar-refractivity contribution < 1.29 is 9.90 Å². The molecule has 0 aromatic heterocycles. The number of hydrogen-bond donors (Lipinski definition) is 1.